The Morgan fingerprint density at radius 1 is 0.962 bits per heavy atom. The van der Waals surface area contributed by atoms with Gasteiger partial charge >= 0.3 is 0 Å². The molecule has 2 aromatic carbocycles. The van der Waals surface area contributed by atoms with Gasteiger partial charge in [0.05, 0.1) is 18.5 Å². The normalized spacial score (nSPS) is 10.3. The number of nitrogens with one attached hydrogen (secondary N) is 2. The van der Waals surface area contributed by atoms with Crippen LogP contribution in [-0.2, 0) is 22.4 Å². The van der Waals surface area contributed by atoms with Gasteiger partial charge in [0.25, 0.3) is 0 Å². The van der Waals surface area contributed by atoms with Crippen LogP contribution in [0.25, 0.3) is 0 Å². The highest BCUT2D eigenvalue weighted by atomic mass is 32.1. The Hall–Kier alpha value is -3.06. The molecule has 0 saturated heterocycles. The molecule has 0 saturated carbocycles. The number of amides is 2. The molecule has 0 unspecified atom stereocenters. The molecule has 1 aromatic heterocycles. The van der Waals surface area contributed by atoms with E-state index in [0.717, 1.165) is 5.56 Å². The van der Waals surface area contributed by atoms with Crippen LogP contribution >= 0.6 is 11.3 Å². The van der Waals surface area contributed by atoms with Crippen molar-refractivity contribution in [1.82, 2.24) is 4.98 Å². The average molecular weight is 369 g/mol. The van der Waals surface area contributed by atoms with E-state index < -0.39 is 5.82 Å². The standard InChI is InChI=1S/C19H16FN3O2S/c20-14-7-4-8-15(10-14)21-18(25)11-16-12-26-19(22-16)23-17(24)9-13-5-2-1-3-6-13/h1-8,10,12H,9,11H2,(H,21,25)(H,22,23,24). The fraction of sp³-hybridized carbons (Fsp3) is 0.105. The zero-order chi connectivity index (χ0) is 18.4. The van der Waals surface area contributed by atoms with Gasteiger partial charge in [-0.15, -0.1) is 11.3 Å². The summed E-state index contributed by atoms with van der Waals surface area (Å²) in [6.45, 7) is 0. The summed E-state index contributed by atoms with van der Waals surface area (Å²) in [5, 5.41) is 7.50. The van der Waals surface area contributed by atoms with Gasteiger partial charge in [0, 0.05) is 11.1 Å². The predicted molar refractivity (Wildman–Crippen MR) is 99.6 cm³/mol. The molecule has 3 aromatic rings. The lowest BCUT2D eigenvalue weighted by Gasteiger charge is -2.04. The molecule has 2 N–H and O–H groups in total. The maximum atomic E-state index is 13.1. The Bertz CT molecular complexity index is 912. The average Bonchev–Trinajstić information content (AvgIpc) is 3.02. The minimum Gasteiger partial charge on any atom is -0.326 e. The molecule has 0 radical (unpaired) electrons. The molecule has 0 aliphatic heterocycles. The predicted octanol–water partition coefficient (Wildman–Crippen LogP) is 3.64. The number of benzene rings is 2. The summed E-state index contributed by atoms with van der Waals surface area (Å²) in [6, 6.07) is 15.1. The first kappa shape index (κ1) is 17.8. The van der Waals surface area contributed by atoms with E-state index in [0.29, 0.717) is 16.5 Å². The van der Waals surface area contributed by atoms with Crippen LogP contribution in [0.3, 0.4) is 0 Å². The maximum absolute atomic E-state index is 13.1. The van der Waals surface area contributed by atoms with Crippen molar-refractivity contribution in [3.05, 3.63) is 77.1 Å². The molecule has 0 bridgehead atoms. The van der Waals surface area contributed by atoms with Crippen molar-refractivity contribution in [1.29, 1.82) is 0 Å². The summed E-state index contributed by atoms with van der Waals surface area (Å²) in [5.74, 6) is -0.885. The number of hydrogen-bond donors (Lipinski definition) is 2. The van der Waals surface area contributed by atoms with Crippen molar-refractivity contribution in [3.63, 3.8) is 0 Å². The molecule has 5 nitrogen and oxygen atoms in total. The summed E-state index contributed by atoms with van der Waals surface area (Å²) >= 11 is 1.26. The van der Waals surface area contributed by atoms with Gasteiger partial charge in [0.15, 0.2) is 5.13 Å². The van der Waals surface area contributed by atoms with E-state index in [9.17, 15) is 14.0 Å². The van der Waals surface area contributed by atoms with Gasteiger partial charge in [-0.1, -0.05) is 36.4 Å². The second-order valence-electron chi connectivity index (χ2n) is 5.59. The Morgan fingerprint density at radius 3 is 2.50 bits per heavy atom. The molecule has 0 spiro atoms. The first-order chi connectivity index (χ1) is 12.6. The molecule has 26 heavy (non-hydrogen) atoms. The molecule has 2 amide bonds. The number of rotatable bonds is 6. The topological polar surface area (TPSA) is 71.1 Å². The molecule has 0 atom stereocenters. The van der Waals surface area contributed by atoms with Crippen molar-refractivity contribution in [2.45, 2.75) is 12.8 Å². The van der Waals surface area contributed by atoms with Gasteiger partial charge in [-0.3, -0.25) is 9.59 Å². The van der Waals surface area contributed by atoms with Gasteiger partial charge < -0.3 is 10.6 Å². The third-order valence-electron chi connectivity index (χ3n) is 3.46. The zero-order valence-electron chi connectivity index (χ0n) is 13.7. The van der Waals surface area contributed by atoms with Crippen LogP contribution < -0.4 is 10.6 Å². The Balaban J connectivity index is 1.52. The number of thiazole rings is 1. The molecule has 3 rings (SSSR count). The van der Waals surface area contributed by atoms with Crippen LogP contribution in [0, 0.1) is 5.82 Å². The van der Waals surface area contributed by atoms with Crippen LogP contribution in [0.1, 0.15) is 11.3 Å². The molecule has 0 aliphatic rings. The number of anilines is 2. The summed E-state index contributed by atoms with van der Waals surface area (Å²) in [7, 11) is 0. The third kappa shape index (κ3) is 5.22. The van der Waals surface area contributed by atoms with E-state index in [1.165, 1.54) is 29.5 Å². The Labute approximate surface area is 153 Å². The van der Waals surface area contributed by atoms with E-state index in [4.69, 9.17) is 0 Å². The van der Waals surface area contributed by atoms with E-state index in [1.807, 2.05) is 30.3 Å². The minimum absolute atomic E-state index is 0.0432. The van der Waals surface area contributed by atoms with Gasteiger partial charge in [-0.05, 0) is 23.8 Å². The molecule has 0 fully saturated rings. The third-order valence-corrected chi connectivity index (χ3v) is 4.26. The smallest absolute Gasteiger partial charge is 0.230 e. The molecule has 1 heterocycles. The zero-order valence-corrected chi connectivity index (χ0v) is 14.6. The second-order valence-corrected chi connectivity index (χ2v) is 6.45. The first-order valence-electron chi connectivity index (χ1n) is 7.92. The lowest BCUT2D eigenvalue weighted by atomic mass is 10.1. The minimum atomic E-state index is -0.417. The van der Waals surface area contributed by atoms with Crippen LogP contribution in [0.2, 0.25) is 0 Å². The first-order valence-corrected chi connectivity index (χ1v) is 8.80. The number of aromatic nitrogens is 1. The highest BCUT2D eigenvalue weighted by molar-refractivity contribution is 7.13. The van der Waals surface area contributed by atoms with Crippen molar-refractivity contribution in [3.8, 4) is 0 Å². The summed E-state index contributed by atoms with van der Waals surface area (Å²) < 4.78 is 13.1. The molecular formula is C19H16FN3O2S. The fourth-order valence-electron chi connectivity index (χ4n) is 2.33. The van der Waals surface area contributed by atoms with Crippen LogP contribution in [0.5, 0.6) is 0 Å². The maximum Gasteiger partial charge on any atom is 0.230 e. The quantitative estimate of drug-likeness (QED) is 0.697. The number of halogens is 1. The van der Waals surface area contributed by atoms with Crippen molar-refractivity contribution in [2.75, 3.05) is 10.6 Å². The van der Waals surface area contributed by atoms with Gasteiger partial charge in [-0.25, -0.2) is 9.37 Å². The Morgan fingerprint density at radius 2 is 1.73 bits per heavy atom. The highest BCUT2D eigenvalue weighted by Gasteiger charge is 2.11. The highest BCUT2D eigenvalue weighted by Crippen LogP contribution is 2.17. The van der Waals surface area contributed by atoms with Gasteiger partial charge in [-0.2, -0.15) is 0 Å². The number of hydrogen-bond acceptors (Lipinski definition) is 4. The van der Waals surface area contributed by atoms with Gasteiger partial charge in [0.2, 0.25) is 11.8 Å². The van der Waals surface area contributed by atoms with E-state index >= 15 is 0 Å². The number of nitrogens with zero attached hydrogens (tertiary/aromatic N) is 1. The number of carbonyl (C=O) groups is 2. The summed E-state index contributed by atoms with van der Waals surface area (Å²) in [6.07, 6.45) is 0.303. The van der Waals surface area contributed by atoms with E-state index in [1.54, 1.807) is 11.4 Å². The Kier molecular flexibility index (Phi) is 5.70. The van der Waals surface area contributed by atoms with Crippen molar-refractivity contribution in [2.24, 2.45) is 0 Å². The monoisotopic (exact) mass is 369 g/mol. The van der Waals surface area contributed by atoms with Crippen molar-refractivity contribution >= 4 is 34.0 Å². The number of carbonyl (C=O) groups excluding carboxylic acids is 2. The fourth-order valence-corrected chi connectivity index (χ4v) is 3.05. The van der Waals surface area contributed by atoms with Crippen LogP contribution in [0.15, 0.2) is 60.0 Å². The van der Waals surface area contributed by atoms with E-state index in [-0.39, 0.29) is 24.7 Å². The summed E-state index contributed by atoms with van der Waals surface area (Å²) in [4.78, 5) is 28.3. The van der Waals surface area contributed by atoms with Crippen molar-refractivity contribution < 1.29 is 14.0 Å². The molecule has 7 heteroatoms. The van der Waals surface area contributed by atoms with E-state index in [2.05, 4.69) is 15.6 Å². The van der Waals surface area contributed by atoms with Crippen LogP contribution in [-0.4, -0.2) is 16.8 Å². The van der Waals surface area contributed by atoms with Gasteiger partial charge in [0.1, 0.15) is 5.82 Å². The SMILES string of the molecule is O=C(Cc1csc(NC(=O)Cc2ccccc2)n1)Nc1cccc(F)c1. The largest absolute Gasteiger partial charge is 0.326 e. The molecular weight excluding hydrogens is 353 g/mol. The molecule has 132 valence electrons. The van der Waals surface area contributed by atoms with Crippen LogP contribution in [0.4, 0.5) is 15.2 Å². The summed E-state index contributed by atoms with van der Waals surface area (Å²) in [5.41, 5.74) is 1.84. The lowest BCUT2D eigenvalue weighted by molar-refractivity contribution is -0.116. The second kappa shape index (κ2) is 8.35. The molecule has 0 aliphatic carbocycles. The lowest BCUT2D eigenvalue weighted by Crippen LogP contribution is -2.16.